The Bertz CT molecular complexity index is 762. The van der Waals surface area contributed by atoms with Crippen molar-refractivity contribution in [1.82, 2.24) is 9.79 Å². The molecular weight excluding hydrogens is 361 g/mol. The van der Waals surface area contributed by atoms with E-state index in [0.717, 1.165) is 35.3 Å². The number of carbonyl (C=O) groups is 1. The first kappa shape index (κ1) is 18.2. The van der Waals surface area contributed by atoms with Crippen LogP contribution in [0.2, 0.25) is 0 Å². The van der Waals surface area contributed by atoms with Crippen LogP contribution in [0.3, 0.4) is 0 Å². The molecule has 1 amide bonds. The molecular formula is C15H17F3N2O4S. The van der Waals surface area contributed by atoms with E-state index in [1.54, 1.807) is 0 Å². The Morgan fingerprint density at radius 1 is 1.24 bits per heavy atom. The zero-order valence-electron chi connectivity index (χ0n) is 13.1. The lowest BCUT2D eigenvalue weighted by Crippen LogP contribution is -2.34. The van der Waals surface area contributed by atoms with Gasteiger partial charge in [-0.2, -0.15) is 17.5 Å². The summed E-state index contributed by atoms with van der Waals surface area (Å²) < 4.78 is 64.4. The Hall–Kier alpha value is -1.65. The van der Waals surface area contributed by atoms with Gasteiger partial charge in [0.05, 0.1) is 10.5 Å². The molecule has 1 saturated heterocycles. The van der Waals surface area contributed by atoms with Crippen molar-refractivity contribution in [3.8, 4) is 0 Å². The van der Waals surface area contributed by atoms with E-state index < -0.39 is 32.8 Å². The van der Waals surface area contributed by atoms with Gasteiger partial charge >= 0.3 is 6.18 Å². The predicted octanol–water partition coefficient (Wildman–Crippen LogP) is 1.93. The SMILES string of the molecule is O=C(NO[C@H]1CCN(S(=O)(=O)c2cccc(C(F)(F)F)c2)C1)C1CC1. The Labute approximate surface area is 143 Å². The highest BCUT2D eigenvalue weighted by Gasteiger charge is 2.37. The molecule has 1 aliphatic heterocycles. The molecule has 2 fully saturated rings. The van der Waals surface area contributed by atoms with Crippen molar-refractivity contribution >= 4 is 15.9 Å². The van der Waals surface area contributed by atoms with Crippen molar-refractivity contribution in [3.63, 3.8) is 0 Å². The van der Waals surface area contributed by atoms with E-state index in [0.29, 0.717) is 12.5 Å². The Balaban J connectivity index is 1.65. The van der Waals surface area contributed by atoms with Crippen LogP contribution in [-0.2, 0) is 25.8 Å². The second-order valence-electron chi connectivity index (χ2n) is 6.16. The minimum absolute atomic E-state index is 0.0243. The molecule has 1 saturated carbocycles. The third-order valence-electron chi connectivity index (χ3n) is 4.18. The number of carbonyl (C=O) groups excluding carboxylic acids is 1. The third-order valence-corrected chi connectivity index (χ3v) is 6.04. The molecule has 1 aliphatic carbocycles. The summed E-state index contributed by atoms with van der Waals surface area (Å²) in [6.45, 7) is 0.0894. The molecule has 0 bridgehead atoms. The molecule has 138 valence electrons. The van der Waals surface area contributed by atoms with Crippen molar-refractivity contribution < 1.29 is 31.2 Å². The Kier molecular flexibility index (Phi) is 4.78. The summed E-state index contributed by atoms with van der Waals surface area (Å²) in [5, 5.41) is 0. The number of nitrogens with one attached hydrogen (secondary N) is 1. The fourth-order valence-corrected chi connectivity index (χ4v) is 4.10. The first-order valence-corrected chi connectivity index (χ1v) is 9.25. The number of hydroxylamine groups is 1. The molecule has 25 heavy (non-hydrogen) atoms. The summed E-state index contributed by atoms with van der Waals surface area (Å²) >= 11 is 0. The number of hydrogen-bond acceptors (Lipinski definition) is 4. The van der Waals surface area contributed by atoms with Crippen LogP contribution in [0.15, 0.2) is 29.2 Å². The molecule has 2 aliphatic rings. The fourth-order valence-electron chi connectivity index (χ4n) is 2.56. The monoisotopic (exact) mass is 378 g/mol. The zero-order chi connectivity index (χ0) is 18.2. The maximum atomic E-state index is 12.8. The van der Waals surface area contributed by atoms with Crippen LogP contribution in [0.4, 0.5) is 13.2 Å². The minimum Gasteiger partial charge on any atom is -0.273 e. The molecule has 6 nitrogen and oxygen atoms in total. The van der Waals surface area contributed by atoms with Gasteiger partial charge in [-0.15, -0.1) is 0 Å². The van der Waals surface area contributed by atoms with E-state index in [9.17, 15) is 26.4 Å². The largest absolute Gasteiger partial charge is 0.416 e. The van der Waals surface area contributed by atoms with Crippen molar-refractivity contribution in [2.75, 3.05) is 13.1 Å². The van der Waals surface area contributed by atoms with Crippen molar-refractivity contribution in [2.45, 2.75) is 36.4 Å². The maximum Gasteiger partial charge on any atom is 0.416 e. The van der Waals surface area contributed by atoms with E-state index in [2.05, 4.69) is 5.48 Å². The van der Waals surface area contributed by atoms with Gasteiger partial charge in [-0.25, -0.2) is 13.9 Å². The first-order chi connectivity index (χ1) is 11.7. The normalized spacial score (nSPS) is 22.1. The number of hydrogen-bond donors (Lipinski definition) is 1. The molecule has 0 spiro atoms. The van der Waals surface area contributed by atoms with Gasteiger partial charge in [-0.1, -0.05) is 6.07 Å². The van der Waals surface area contributed by atoms with E-state index in [4.69, 9.17) is 4.84 Å². The lowest BCUT2D eigenvalue weighted by atomic mass is 10.2. The van der Waals surface area contributed by atoms with Gasteiger partial charge in [0.25, 0.3) is 0 Å². The molecule has 0 aromatic heterocycles. The summed E-state index contributed by atoms with van der Waals surface area (Å²) in [7, 11) is -4.06. The van der Waals surface area contributed by atoms with Gasteiger partial charge < -0.3 is 0 Å². The highest BCUT2D eigenvalue weighted by atomic mass is 32.2. The summed E-state index contributed by atoms with van der Waals surface area (Å²) in [5.74, 6) is -0.259. The lowest BCUT2D eigenvalue weighted by molar-refractivity contribution is -0.139. The predicted molar refractivity (Wildman–Crippen MR) is 80.6 cm³/mol. The molecule has 1 atom stereocenters. The van der Waals surface area contributed by atoms with Crippen LogP contribution in [0.5, 0.6) is 0 Å². The second kappa shape index (κ2) is 6.58. The number of amides is 1. The van der Waals surface area contributed by atoms with Crippen LogP contribution < -0.4 is 5.48 Å². The van der Waals surface area contributed by atoms with E-state index in [-0.39, 0.29) is 24.9 Å². The van der Waals surface area contributed by atoms with Gasteiger partial charge in [-0.05, 0) is 37.5 Å². The van der Waals surface area contributed by atoms with Gasteiger partial charge in [0, 0.05) is 19.0 Å². The van der Waals surface area contributed by atoms with Crippen LogP contribution in [0.1, 0.15) is 24.8 Å². The van der Waals surface area contributed by atoms with E-state index in [1.165, 1.54) is 0 Å². The summed E-state index contributed by atoms with van der Waals surface area (Å²) in [4.78, 5) is 16.3. The average Bonchev–Trinajstić information content (AvgIpc) is 3.30. The maximum absolute atomic E-state index is 12.8. The first-order valence-electron chi connectivity index (χ1n) is 7.81. The molecule has 3 rings (SSSR count). The fraction of sp³-hybridized carbons (Fsp3) is 0.533. The molecule has 1 aromatic rings. The van der Waals surface area contributed by atoms with Crippen LogP contribution in [0.25, 0.3) is 0 Å². The summed E-state index contributed by atoms with van der Waals surface area (Å²) in [6.07, 6.45) is -3.16. The summed E-state index contributed by atoms with van der Waals surface area (Å²) in [5.41, 5.74) is 1.30. The average molecular weight is 378 g/mol. The standard InChI is InChI=1S/C15H17F3N2O4S/c16-15(17,18)11-2-1-3-13(8-11)25(22,23)20-7-6-12(9-20)24-19-14(21)10-4-5-10/h1-3,8,10,12H,4-7,9H2,(H,19,21)/t12-/m0/s1. The van der Waals surface area contributed by atoms with Crippen molar-refractivity contribution in [1.29, 1.82) is 0 Å². The molecule has 10 heteroatoms. The highest BCUT2D eigenvalue weighted by Crippen LogP contribution is 2.32. The van der Waals surface area contributed by atoms with Crippen LogP contribution in [-0.4, -0.2) is 37.8 Å². The number of nitrogens with zero attached hydrogens (tertiary/aromatic N) is 1. The summed E-state index contributed by atoms with van der Waals surface area (Å²) in [6, 6.07) is 3.64. The van der Waals surface area contributed by atoms with Gasteiger partial charge in [0.2, 0.25) is 15.9 Å². The van der Waals surface area contributed by atoms with Crippen molar-refractivity contribution in [2.24, 2.45) is 5.92 Å². The number of alkyl halides is 3. The topological polar surface area (TPSA) is 75.7 Å². The molecule has 1 aromatic carbocycles. The second-order valence-corrected chi connectivity index (χ2v) is 8.10. The van der Waals surface area contributed by atoms with Gasteiger partial charge in [0.15, 0.2) is 0 Å². The van der Waals surface area contributed by atoms with Crippen molar-refractivity contribution in [3.05, 3.63) is 29.8 Å². The van der Waals surface area contributed by atoms with E-state index in [1.807, 2.05) is 0 Å². The zero-order valence-corrected chi connectivity index (χ0v) is 13.9. The Morgan fingerprint density at radius 2 is 1.96 bits per heavy atom. The third kappa shape index (κ3) is 4.13. The molecule has 0 radical (unpaired) electrons. The quantitative estimate of drug-likeness (QED) is 0.795. The number of sulfonamides is 1. The lowest BCUT2D eigenvalue weighted by Gasteiger charge is -2.17. The number of halogens is 3. The smallest absolute Gasteiger partial charge is 0.273 e. The number of rotatable bonds is 5. The molecule has 1 N–H and O–H groups in total. The van der Waals surface area contributed by atoms with Gasteiger partial charge in [0.1, 0.15) is 6.10 Å². The molecule has 1 heterocycles. The van der Waals surface area contributed by atoms with E-state index >= 15 is 0 Å². The van der Waals surface area contributed by atoms with Crippen LogP contribution in [0, 0.1) is 5.92 Å². The highest BCUT2D eigenvalue weighted by molar-refractivity contribution is 7.89. The Morgan fingerprint density at radius 3 is 2.60 bits per heavy atom. The minimum atomic E-state index is -4.62. The van der Waals surface area contributed by atoms with Crippen LogP contribution >= 0.6 is 0 Å². The molecule has 0 unspecified atom stereocenters. The number of benzene rings is 1. The van der Waals surface area contributed by atoms with Gasteiger partial charge in [-0.3, -0.25) is 9.63 Å².